The summed E-state index contributed by atoms with van der Waals surface area (Å²) in [6.07, 6.45) is 1.21. The largest absolute Gasteiger partial charge is 0.292 e. The van der Waals surface area contributed by atoms with Crippen LogP contribution in [0.4, 0.5) is 0 Å². The fraction of sp³-hybridized carbons (Fsp3) is 0.786. The van der Waals surface area contributed by atoms with Gasteiger partial charge >= 0.3 is 0 Å². The minimum Gasteiger partial charge on any atom is -0.292 e. The second-order valence-corrected chi connectivity index (χ2v) is 5.87. The van der Waals surface area contributed by atoms with Crippen molar-refractivity contribution in [2.45, 2.75) is 66.2 Å². The Morgan fingerprint density at radius 3 is 2.59 bits per heavy atom. The minimum absolute atomic E-state index is 0.601. The van der Waals surface area contributed by atoms with Crippen molar-refractivity contribution in [2.75, 3.05) is 0 Å². The van der Waals surface area contributed by atoms with Crippen molar-refractivity contribution in [1.82, 2.24) is 14.7 Å². The molecule has 0 bridgehead atoms. The van der Waals surface area contributed by atoms with Crippen LogP contribution in [0.15, 0.2) is 6.07 Å². The van der Waals surface area contributed by atoms with E-state index in [-0.39, 0.29) is 0 Å². The molecule has 1 unspecified atom stereocenters. The number of nitrogens with zero attached hydrogens (tertiary/aromatic N) is 3. The van der Waals surface area contributed by atoms with Crippen LogP contribution in [0, 0.1) is 12.8 Å². The highest BCUT2D eigenvalue weighted by Crippen LogP contribution is 2.24. The van der Waals surface area contributed by atoms with E-state index in [0.29, 0.717) is 18.0 Å². The van der Waals surface area contributed by atoms with Crippen molar-refractivity contribution in [3.8, 4) is 0 Å². The summed E-state index contributed by atoms with van der Waals surface area (Å²) in [7, 11) is 0. The molecule has 0 N–H and O–H groups in total. The van der Waals surface area contributed by atoms with Crippen LogP contribution in [-0.2, 0) is 13.1 Å². The SMILES string of the molecule is Cc1cc2n(n1)CCC(C(C)C)N(C(C)C)C2. The second kappa shape index (κ2) is 4.81. The van der Waals surface area contributed by atoms with Crippen molar-refractivity contribution in [3.05, 3.63) is 17.5 Å². The van der Waals surface area contributed by atoms with Crippen LogP contribution in [0.25, 0.3) is 0 Å². The molecule has 0 saturated heterocycles. The third kappa shape index (κ3) is 2.54. The van der Waals surface area contributed by atoms with Crippen LogP contribution < -0.4 is 0 Å². The monoisotopic (exact) mass is 235 g/mol. The van der Waals surface area contributed by atoms with Gasteiger partial charge in [0.2, 0.25) is 0 Å². The highest BCUT2D eigenvalue weighted by atomic mass is 15.3. The average Bonchev–Trinajstić information content (AvgIpc) is 2.46. The number of hydrogen-bond donors (Lipinski definition) is 0. The molecule has 3 heteroatoms. The van der Waals surface area contributed by atoms with Gasteiger partial charge in [0.05, 0.1) is 11.4 Å². The normalized spacial score (nSPS) is 21.9. The molecule has 17 heavy (non-hydrogen) atoms. The topological polar surface area (TPSA) is 21.1 Å². The summed E-state index contributed by atoms with van der Waals surface area (Å²) in [5.41, 5.74) is 2.52. The Bertz CT molecular complexity index is 379. The molecule has 2 rings (SSSR count). The van der Waals surface area contributed by atoms with E-state index in [4.69, 9.17) is 0 Å². The Morgan fingerprint density at radius 1 is 1.29 bits per heavy atom. The van der Waals surface area contributed by atoms with Gasteiger partial charge in [0, 0.05) is 25.2 Å². The lowest BCUT2D eigenvalue weighted by atomic mass is 9.98. The highest BCUT2D eigenvalue weighted by molar-refractivity contribution is 5.10. The van der Waals surface area contributed by atoms with Crippen molar-refractivity contribution in [3.63, 3.8) is 0 Å². The van der Waals surface area contributed by atoms with Gasteiger partial charge in [-0.2, -0.15) is 5.10 Å². The highest BCUT2D eigenvalue weighted by Gasteiger charge is 2.28. The molecule has 1 aliphatic heterocycles. The minimum atomic E-state index is 0.601. The van der Waals surface area contributed by atoms with E-state index in [1.54, 1.807) is 0 Å². The summed E-state index contributed by atoms with van der Waals surface area (Å²) in [5, 5.41) is 4.59. The predicted molar refractivity (Wildman–Crippen MR) is 70.9 cm³/mol. The van der Waals surface area contributed by atoms with E-state index in [0.717, 1.165) is 18.8 Å². The van der Waals surface area contributed by atoms with E-state index >= 15 is 0 Å². The van der Waals surface area contributed by atoms with Gasteiger partial charge in [-0.15, -0.1) is 0 Å². The Labute approximate surface area is 105 Å². The van der Waals surface area contributed by atoms with Gasteiger partial charge < -0.3 is 0 Å². The first-order valence-corrected chi connectivity index (χ1v) is 6.78. The number of aromatic nitrogens is 2. The van der Waals surface area contributed by atoms with Crippen LogP contribution in [0.5, 0.6) is 0 Å². The third-order valence-corrected chi connectivity index (χ3v) is 3.83. The van der Waals surface area contributed by atoms with Gasteiger partial charge in [-0.3, -0.25) is 9.58 Å². The molecule has 0 amide bonds. The van der Waals surface area contributed by atoms with E-state index < -0.39 is 0 Å². The van der Waals surface area contributed by atoms with E-state index in [1.807, 2.05) is 0 Å². The fourth-order valence-corrected chi connectivity index (χ4v) is 2.93. The molecule has 96 valence electrons. The first-order chi connectivity index (χ1) is 7.99. The maximum atomic E-state index is 4.59. The summed E-state index contributed by atoms with van der Waals surface area (Å²) < 4.78 is 2.20. The summed E-state index contributed by atoms with van der Waals surface area (Å²) in [6, 6.07) is 3.51. The van der Waals surface area contributed by atoms with Gasteiger partial charge in [-0.1, -0.05) is 13.8 Å². The number of rotatable bonds is 2. The van der Waals surface area contributed by atoms with Crippen LogP contribution in [0.3, 0.4) is 0 Å². The van der Waals surface area contributed by atoms with Gasteiger partial charge in [0.15, 0.2) is 0 Å². The molecule has 0 aliphatic carbocycles. The lowest BCUT2D eigenvalue weighted by Gasteiger charge is -2.35. The molecule has 1 aliphatic rings. The number of fused-ring (bicyclic) bond motifs is 1. The van der Waals surface area contributed by atoms with Crippen molar-refractivity contribution < 1.29 is 0 Å². The van der Waals surface area contributed by atoms with Crippen molar-refractivity contribution in [1.29, 1.82) is 0 Å². The first-order valence-electron chi connectivity index (χ1n) is 6.78. The zero-order chi connectivity index (χ0) is 12.6. The van der Waals surface area contributed by atoms with Crippen LogP contribution in [-0.4, -0.2) is 26.8 Å². The van der Waals surface area contributed by atoms with Crippen LogP contribution >= 0.6 is 0 Å². The fourth-order valence-electron chi connectivity index (χ4n) is 2.93. The van der Waals surface area contributed by atoms with E-state index in [2.05, 4.69) is 55.4 Å². The zero-order valence-corrected chi connectivity index (χ0v) is 11.8. The van der Waals surface area contributed by atoms with Gasteiger partial charge in [-0.05, 0) is 39.2 Å². The summed E-state index contributed by atoms with van der Waals surface area (Å²) in [5.74, 6) is 0.711. The molecule has 1 aromatic heterocycles. The molecular formula is C14H25N3. The molecule has 1 aromatic rings. The second-order valence-electron chi connectivity index (χ2n) is 5.87. The Kier molecular flexibility index (Phi) is 3.57. The molecular weight excluding hydrogens is 210 g/mol. The Morgan fingerprint density at radius 2 is 2.00 bits per heavy atom. The molecule has 0 radical (unpaired) electrons. The number of hydrogen-bond acceptors (Lipinski definition) is 2. The molecule has 0 saturated carbocycles. The average molecular weight is 235 g/mol. The summed E-state index contributed by atoms with van der Waals surface area (Å²) in [6.45, 7) is 13.5. The van der Waals surface area contributed by atoms with E-state index in [9.17, 15) is 0 Å². The predicted octanol–water partition coefficient (Wildman–Crippen LogP) is 2.83. The molecule has 2 heterocycles. The third-order valence-electron chi connectivity index (χ3n) is 3.83. The number of aryl methyl sites for hydroxylation is 2. The Hall–Kier alpha value is -0.830. The molecule has 3 nitrogen and oxygen atoms in total. The van der Waals surface area contributed by atoms with Gasteiger partial charge in [0.1, 0.15) is 0 Å². The summed E-state index contributed by atoms with van der Waals surface area (Å²) >= 11 is 0. The van der Waals surface area contributed by atoms with Gasteiger partial charge in [0.25, 0.3) is 0 Å². The summed E-state index contributed by atoms with van der Waals surface area (Å²) in [4.78, 5) is 2.63. The molecule has 0 aromatic carbocycles. The van der Waals surface area contributed by atoms with Crippen molar-refractivity contribution in [2.24, 2.45) is 5.92 Å². The smallest absolute Gasteiger partial charge is 0.0597 e. The standard InChI is InChI=1S/C14H25N3/c1-10(2)14-6-7-17-13(8-12(5)15-17)9-16(14)11(3)4/h8,10-11,14H,6-7,9H2,1-5H3. The lowest BCUT2D eigenvalue weighted by Crippen LogP contribution is -2.42. The maximum Gasteiger partial charge on any atom is 0.0597 e. The molecule has 0 fully saturated rings. The molecule has 0 spiro atoms. The lowest BCUT2D eigenvalue weighted by molar-refractivity contribution is 0.107. The van der Waals surface area contributed by atoms with Crippen LogP contribution in [0.1, 0.15) is 45.5 Å². The quantitative estimate of drug-likeness (QED) is 0.786. The zero-order valence-electron chi connectivity index (χ0n) is 11.8. The van der Waals surface area contributed by atoms with Gasteiger partial charge in [-0.25, -0.2) is 0 Å². The van der Waals surface area contributed by atoms with Crippen molar-refractivity contribution >= 4 is 0 Å². The maximum absolute atomic E-state index is 4.59. The Balaban J connectivity index is 2.27. The first kappa shape index (κ1) is 12.6. The van der Waals surface area contributed by atoms with Crippen LogP contribution in [0.2, 0.25) is 0 Å². The van der Waals surface area contributed by atoms with E-state index in [1.165, 1.54) is 12.1 Å². The molecule has 1 atom stereocenters.